The Morgan fingerprint density at radius 1 is 1.05 bits per heavy atom. The number of fused-ring (bicyclic) bond motifs is 4. The Labute approximate surface area is 220 Å². The molecule has 9 heteroatoms. The lowest BCUT2D eigenvalue weighted by molar-refractivity contribution is -0.385. The van der Waals surface area contributed by atoms with Crippen molar-refractivity contribution < 1.29 is 24.0 Å². The van der Waals surface area contributed by atoms with Crippen molar-refractivity contribution >= 4 is 23.2 Å². The first-order valence-electron chi connectivity index (χ1n) is 12.7. The van der Waals surface area contributed by atoms with Crippen LogP contribution in [0.4, 0.5) is 11.4 Å². The molecular formula is C29H29N3O6. The van der Waals surface area contributed by atoms with Gasteiger partial charge in [-0.3, -0.25) is 19.7 Å². The molecule has 0 aliphatic carbocycles. The first-order chi connectivity index (χ1) is 18.3. The van der Waals surface area contributed by atoms with Gasteiger partial charge in [0.05, 0.1) is 41.3 Å². The van der Waals surface area contributed by atoms with Crippen molar-refractivity contribution in [1.82, 2.24) is 4.90 Å². The summed E-state index contributed by atoms with van der Waals surface area (Å²) in [5, 5.41) is 14.4. The number of benzene rings is 3. The molecule has 5 rings (SSSR count). The molecule has 0 saturated heterocycles. The molecular weight excluding hydrogens is 486 g/mol. The van der Waals surface area contributed by atoms with Gasteiger partial charge < -0.3 is 19.7 Å². The maximum atomic E-state index is 14.0. The number of ether oxygens (including phenoxy) is 2. The lowest BCUT2D eigenvalue weighted by Gasteiger charge is -2.45. The number of nitrogens with zero attached hydrogens (tertiary/aromatic N) is 2. The third-order valence-electron chi connectivity index (χ3n) is 7.23. The third kappa shape index (κ3) is 4.23. The normalized spacial score (nSPS) is 17.7. The van der Waals surface area contributed by atoms with Crippen molar-refractivity contribution in [3.05, 3.63) is 92.5 Å². The second-order valence-corrected chi connectivity index (χ2v) is 9.32. The Hall–Kier alpha value is -4.40. The predicted molar refractivity (Wildman–Crippen MR) is 142 cm³/mol. The van der Waals surface area contributed by atoms with Crippen molar-refractivity contribution in [2.75, 3.05) is 25.1 Å². The first-order valence-corrected chi connectivity index (χ1v) is 12.7. The van der Waals surface area contributed by atoms with E-state index < -0.39 is 16.9 Å². The van der Waals surface area contributed by atoms with Gasteiger partial charge in [-0.25, -0.2) is 0 Å². The molecule has 2 aliphatic heterocycles. The lowest BCUT2D eigenvalue weighted by atomic mass is 9.75. The van der Waals surface area contributed by atoms with Gasteiger partial charge in [-0.1, -0.05) is 24.3 Å². The number of anilines is 1. The number of amides is 2. The van der Waals surface area contributed by atoms with Gasteiger partial charge in [0, 0.05) is 18.2 Å². The quantitative estimate of drug-likeness (QED) is 0.343. The highest BCUT2D eigenvalue weighted by atomic mass is 16.6. The van der Waals surface area contributed by atoms with E-state index in [-0.39, 0.29) is 17.5 Å². The Morgan fingerprint density at radius 3 is 2.47 bits per heavy atom. The number of carbonyl (C=O) groups excluding carboxylic acids is 2. The fourth-order valence-corrected chi connectivity index (χ4v) is 5.52. The van der Waals surface area contributed by atoms with Crippen molar-refractivity contribution in [2.45, 2.75) is 39.2 Å². The highest BCUT2D eigenvalue weighted by Gasteiger charge is 2.46. The average molecular weight is 516 g/mol. The molecule has 2 aliphatic rings. The Kier molecular flexibility index (Phi) is 6.75. The first kappa shape index (κ1) is 25.3. The topological polar surface area (TPSA) is 111 Å². The molecule has 2 atom stereocenters. The number of carbonyl (C=O) groups is 2. The van der Waals surface area contributed by atoms with Crippen molar-refractivity contribution in [1.29, 1.82) is 0 Å². The zero-order chi connectivity index (χ0) is 27.0. The summed E-state index contributed by atoms with van der Waals surface area (Å²) in [6.07, 6.45) is 0.616. The Bertz CT molecular complexity index is 1440. The van der Waals surface area contributed by atoms with Crippen LogP contribution in [-0.2, 0) is 11.2 Å². The van der Waals surface area contributed by atoms with Gasteiger partial charge in [-0.2, -0.15) is 0 Å². The zero-order valence-corrected chi connectivity index (χ0v) is 21.5. The highest BCUT2D eigenvalue weighted by molar-refractivity contribution is 6.05. The van der Waals surface area contributed by atoms with Crippen molar-refractivity contribution in [2.24, 2.45) is 0 Å². The molecule has 38 heavy (non-hydrogen) atoms. The van der Waals surface area contributed by atoms with E-state index in [1.54, 1.807) is 42.2 Å². The molecule has 0 fully saturated rings. The fourth-order valence-electron chi connectivity index (χ4n) is 5.52. The third-order valence-corrected chi connectivity index (χ3v) is 7.23. The molecule has 0 bridgehead atoms. The van der Waals surface area contributed by atoms with Crippen LogP contribution in [0.25, 0.3) is 0 Å². The van der Waals surface area contributed by atoms with E-state index in [1.807, 2.05) is 32.0 Å². The van der Waals surface area contributed by atoms with Gasteiger partial charge in [0.15, 0.2) is 11.5 Å². The van der Waals surface area contributed by atoms with Gasteiger partial charge in [0.1, 0.15) is 0 Å². The van der Waals surface area contributed by atoms with Gasteiger partial charge in [0.2, 0.25) is 5.91 Å². The maximum Gasteiger partial charge on any atom is 0.274 e. The van der Waals surface area contributed by atoms with Gasteiger partial charge in [-0.15, -0.1) is 0 Å². The molecule has 0 unspecified atom stereocenters. The van der Waals surface area contributed by atoms with Crippen molar-refractivity contribution in [3.63, 3.8) is 0 Å². The van der Waals surface area contributed by atoms with Gasteiger partial charge in [0.25, 0.3) is 11.6 Å². The lowest BCUT2D eigenvalue weighted by Crippen LogP contribution is -2.49. The van der Waals surface area contributed by atoms with Crippen LogP contribution in [0, 0.1) is 17.0 Å². The standard InChI is InChI=1S/C29H29N3O6/c1-4-37-24-15-18-13-14-31-27(21(18)16-25(24)38-5-2)26(19-9-6-7-10-20(19)29(31)34)28(33)30-22-11-8-12-23(17(22)3)32(35)36/h6-12,15-16,26-27H,4-5,13-14H2,1-3H3,(H,30,33)/t26-,27-/m0/s1. The van der Waals surface area contributed by atoms with Crippen LogP contribution < -0.4 is 14.8 Å². The van der Waals surface area contributed by atoms with Crippen LogP contribution in [-0.4, -0.2) is 41.4 Å². The molecule has 0 saturated carbocycles. The molecule has 9 nitrogen and oxygen atoms in total. The summed E-state index contributed by atoms with van der Waals surface area (Å²) in [4.78, 5) is 40.4. The average Bonchev–Trinajstić information content (AvgIpc) is 2.90. The molecule has 196 valence electrons. The maximum absolute atomic E-state index is 14.0. The number of rotatable bonds is 7. The Balaban J connectivity index is 1.64. The molecule has 3 aromatic rings. The van der Waals surface area contributed by atoms with Crippen LogP contribution in [0.5, 0.6) is 11.5 Å². The Morgan fingerprint density at radius 2 is 1.76 bits per heavy atom. The minimum absolute atomic E-state index is 0.0727. The predicted octanol–water partition coefficient (Wildman–Crippen LogP) is 5.18. The van der Waals surface area contributed by atoms with E-state index >= 15 is 0 Å². The minimum atomic E-state index is -0.742. The molecule has 3 aromatic carbocycles. The minimum Gasteiger partial charge on any atom is -0.490 e. The molecule has 0 radical (unpaired) electrons. The molecule has 2 heterocycles. The molecule has 0 aromatic heterocycles. The van der Waals surface area contributed by atoms with Crippen LogP contribution in [0.15, 0.2) is 54.6 Å². The van der Waals surface area contributed by atoms with E-state index in [2.05, 4.69) is 5.32 Å². The van der Waals surface area contributed by atoms with Crippen LogP contribution >= 0.6 is 0 Å². The fraction of sp³-hybridized carbons (Fsp3) is 0.310. The monoisotopic (exact) mass is 515 g/mol. The second kappa shape index (κ2) is 10.2. The smallest absolute Gasteiger partial charge is 0.274 e. The summed E-state index contributed by atoms with van der Waals surface area (Å²) < 4.78 is 11.7. The van der Waals surface area contributed by atoms with Crippen LogP contribution in [0.1, 0.15) is 58.4 Å². The van der Waals surface area contributed by atoms with E-state index in [1.165, 1.54) is 6.07 Å². The van der Waals surface area contributed by atoms with Gasteiger partial charge >= 0.3 is 0 Å². The van der Waals surface area contributed by atoms with Crippen LogP contribution in [0.2, 0.25) is 0 Å². The summed E-state index contributed by atoms with van der Waals surface area (Å²) in [5.41, 5.74) is 3.60. The number of hydrogen-bond acceptors (Lipinski definition) is 6. The van der Waals surface area contributed by atoms with E-state index in [9.17, 15) is 19.7 Å². The van der Waals surface area contributed by atoms with E-state index in [0.717, 1.165) is 11.1 Å². The van der Waals surface area contributed by atoms with E-state index in [4.69, 9.17) is 9.47 Å². The van der Waals surface area contributed by atoms with E-state index in [0.29, 0.717) is 60.1 Å². The molecule has 2 amide bonds. The van der Waals surface area contributed by atoms with Gasteiger partial charge in [-0.05, 0) is 68.1 Å². The summed E-state index contributed by atoms with van der Waals surface area (Å²) in [7, 11) is 0. The number of hydrogen-bond donors (Lipinski definition) is 1. The summed E-state index contributed by atoms with van der Waals surface area (Å²) in [5.74, 6) is -0.0109. The highest BCUT2D eigenvalue weighted by Crippen LogP contribution is 2.48. The number of nitro groups is 1. The largest absolute Gasteiger partial charge is 0.490 e. The summed E-state index contributed by atoms with van der Waals surface area (Å²) >= 11 is 0. The summed E-state index contributed by atoms with van der Waals surface area (Å²) in [6.45, 7) is 6.77. The van der Waals surface area contributed by atoms with Crippen molar-refractivity contribution in [3.8, 4) is 11.5 Å². The zero-order valence-electron chi connectivity index (χ0n) is 21.5. The number of nitro benzene ring substituents is 1. The second-order valence-electron chi connectivity index (χ2n) is 9.32. The SMILES string of the molecule is CCOc1cc2c(cc1OCC)[C@H]1[C@@H](C(=O)Nc3cccc([N+](=O)[O-])c3C)c3ccccc3C(=O)N1CC2. The molecule has 0 spiro atoms. The van der Waals surface area contributed by atoms with Crippen LogP contribution in [0.3, 0.4) is 0 Å². The molecule has 1 N–H and O–H groups in total. The number of nitrogens with one attached hydrogen (secondary N) is 1. The summed E-state index contributed by atoms with van der Waals surface area (Å²) in [6, 6.07) is 15.0.